The lowest BCUT2D eigenvalue weighted by molar-refractivity contribution is 0.0778. The zero-order valence-corrected chi connectivity index (χ0v) is 17.4. The first-order chi connectivity index (χ1) is 10.5. The lowest BCUT2D eigenvalue weighted by Crippen LogP contribution is -2.41. The maximum atomic E-state index is 10.4. The van der Waals surface area contributed by atoms with Gasteiger partial charge in [-0.2, -0.15) is 11.8 Å². The van der Waals surface area contributed by atoms with E-state index in [1.807, 2.05) is 38.1 Å². The summed E-state index contributed by atoms with van der Waals surface area (Å²) >= 11 is 8.02. The van der Waals surface area contributed by atoms with E-state index in [2.05, 4.69) is 15.6 Å². The van der Waals surface area contributed by atoms with Crippen molar-refractivity contribution in [1.82, 2.24) is 10.6 Å². The Labute approximate surface area is 164 Å². The highest BCUT2D eigenvalue weighted by atomic mass is 127. The van der Waals surface area contributed by atoms with Gasteiger partial charge in [-0.05, 0) is 37.7 Å². The highest BCUT2D eigenvalue weighted by molar-refractivity contribution is 14.0. The zero-order valence-electron chi connectivity index (χ0n) is 13.5. The first-order valence-corrected chi connectivity index (χ1v) is 9.17. The lowest BCUT2D eigenvalue weighted by atomic mass is 10.0. The molecule has 4 nitrogen and oxygen atoms in total. The van der Waals surface area contributed by atoms with E-state index in [1.165, 1.54) is 0 Å². The molecule has 2 rings (SSSR count). The minimum absolute atomic E-state index is 0. The van der Waals surface area contributed by atoms with Gasteiger partial charge >= 0.3 is 0 Å². The minimum atomic E-state index is -0.666. The molecule has 1 aromatic carbocycles. The predicted octanol–water partition coefficient (Wildman–Crippen LogP) is 3.44. The minimum Gasteiger partial charge on any atom is -0.387 e. The SMILES string of the molecule is CCNC(=NCC1(O)CCSC1)NC(C)c1ccccc1Cl.I. The molecule has 2 atom stereocenters. The smallest absolute Gasteiger partial charge is 0.191 e. The van der Waals surface area contributed by atoms with Gasteiger partial charge in [0.25, 0.3) is 0 Å². The Hall–Kier alpha value is -0.180. The van der Waals surface area contributed by atoms with Crippen LogP contribution in [0.1, 0.15) is 31.9 Å². The summed E-state index contributed by atoms with van der Waals surface area (Å²) in [6, 6.07) is 7.83. The van der Waals surface area contributed by atoms with Crippen LogP contribution in [0.25, 0.3) is 0 Å². The average molecular weight is 470 g/mol. The van der Waals surface area contributed by atoms with E-state index in [9.17, 15) is 5.11 Å². The van der Waals surface area contributed by atoms with Gasteiger partial charge < -0.3 is 15.7 Å². The fraction of sp³-hybridized carbons (Fsp3) is 0.562. The van der Waals surface area contributed by atoms with E-state index in [4.69, 9.17) is 11.6 Å². The second-order valence-corrected chi connectivity index (χ2v) is 7.12. The largest absolute Gasteiger partial charge is 0.387 e. The molecular weight excluding hydrogens is 445 g/mol. The molecule has 7 heteroatoms. The Kier molecular flexibility index (Phi) is 9.03. The molecule has 1 saturated heterocycles. The Morgan fingerprint density at radius 2 is 2.22 bits per heavy atom. The maximum Gasteiger partial charge on any atom is 0.191 e. The molecule has 0 aliphatic carbocycles. The van der Waals surface area contributed by atoms with Crippen LogP contribution in [0.2, 0.25) is 5.02 Å². The molecule has 3 N–H and O–H groups in total. The number of aliphatic imine (C=N–C) groups is 1. The van der Waals surface area contributed by atoms with Crippen molar-refractivity contribution in [3.63, 3.8) is 0 Å². The van der Waals surface area contributed by atoms with Gasteiger partial charge in [0.2, 0.25) is 0 Å². The van der Waals surface area contributed by atoms with E-state index >= 15 is 0 Å². The van der Waals surface area contributed by atoms with Crippen molar-refractivity contribution in [2.24, 2.45) is 4.99 Å². The summed E-state index contributed by atoms with van der Waals surface area (Å²) < 4.78 is 0. The number of guanidine groups is 1. The summed E-state index contributed by atoms with van der Waals surface area (Å²) in [5.74, 6) is 2.47. The second-order valence-electron chi connectivity index (χ2n) is 5.61. The summed E-state index contributed by atoms with van der Waals surface area (Å²) in [7, 11) is 0. The van der Waals surface area contributed by atoms with Crippen LogP contribution in [0.3, 0.4) is 0 Å². The van der Waals surface area contributed by atoms with Crippen LogP contribution >= 0.6 is 47.3 Å². The topological polar surface area (TPSA) is 56.7 Å². The van der Waals surface area contributed by atoms with Crippen LogP contribution in [0, 0.1) is 0 Å². The molecule has 0 radical (unpaired) electrons. The van der Waals surface area contributed by atoms with E-state index in [1.54, 1.807) is 11.8 Å². The molecule has 130 valence electrons. The van der Waals surface area contributed by atoms with Crippen molar-refractivity contribution < 1.29 is 5.11 Å². The highest BCUT2D eigenvalue weighted by Crippen LogP contribution is 2.28. The van der Waals surface area contributed by atoms with Crippen LogP contribution < -0.4 is 10.6 Å². The number of nitrogens with zero attached hydrogens (tertiary/aromatic N) is 1. The molecule has 0 amide bonds. The Balaban J connectivity index is 0.00000264. The molecule has 0 aromatic heterocycles. The quantitative estimate of drug-likeness (QED) is 0.351. The first kappa shape index (κ1) is 20.9. The fourth-order valence-electron chi connectivity index (χ4n) is 2.38. The molecule has 0 spiro atoms. The van der Waals surface area contributed by atoms with Crippen LogP contribution in [-0.4, -0.2) is 41.3 Å². The van der Waals surface area contributed by atoms with Crippen LogP contribution in [-0.2, 0) is 0 Å². The molecule has 1 aromatic rings. The van der Waals surface area contributed by atoms with E-state index < -0.39 is 5.60 Å². The number of rotatable bonds is 5. The van der Waals surface area contributed by atoms with Crippen molar-refractivity contribution in [1.29, 1.82) is 0 Å². The number of benzene rings is 1. The molecule has 0 saturated carbocycles. The Bertz CT molecular complexity index is 524. The molecular formula is C16H25ClIN3OS. The molecule has 1 heterocycles. The van der Waals surface area contributed by atoms with Crippen molar-refractivity contribution in [3.05, 3.63) is 34.9 Å². The molecule has 2 unspecified atom stereocenters. The summed E-state index contributed by atoms with van der Waals surface area (Å²) in [6.45, 7) is 5.27. The third kappa shape index (κ3) is 6.32. The Morgan fingerprint density at radius 3 is 2.83 bits per heavy atom. The van der Waals surface area contributed by atoms with Crippen molar-refractivity contribution in [2.75, 3.05) is 24.6 Å². The predicted molar refractivity (Wildman–Crippen MR) is 111 cm³/mol. The maximum absolute atomic E-state index is 10.4. The van der Waals surface area contributed by atoms with Crippen molar-refractivity contribution in [3.8, 4) is 0 Å². The van der Waals surface area contributed by atoms with Gasteiger partial charge in [-0.3, -0.25) is 4.99 Å². The van der Waals surface area contributed by atoms with Gasteiger partial charge in [0.05, 0.1) is 18.2 Å². The van der Waals surface area contributed by atoms with Gasteiger partial charge in [0, 0.05) is 17.3 Å². The van der Waals surface area contributed by atoms with Crippen LogP contribution in [0.15, 0.2) is 29.3 Å². The summed E-state index contributed by atoms with van der Waals surface area (Å²) in [6.07, 6.45) is 0.806. The number of aliphatic hydroxyl groups is 1. The normalized spacial score (nSPS) is 22.3. The first-order valence-electron chi connectivity index (χ1n) is 7.63. The third-order valence-corrected chi connectivity index (χ3v) is 5.26. The third-order valence-electron chi connectivity index (χ3n) is 3.68. The second kappa shape index (κ2) is 9.96. The number of thioether (sulfide) groups is 1. The molecule has 1 aliphatic heterocycles. The summed E-state index contributed by atoms with van der Waals surface area (Å²) in [4.78, 5) is 4.55. The monoisotopic (exact) mass is 469 g/mol. The van der Waals surface area contributed by atoms with Crippen molar-refractivity contribution >= 4 is 53.3 Å². The standard InChI is InChI=1S/C16H24ClN3OS.HI/c1-3-18-15(19-10-16(21)8-9-22-11-16)20-12(2)13-6-4-5-7-14(13)17;/h4-7,12,21H,3,8-11H2,1-2H3,(H2,18,19,20);1H. The fourth-order valence-corrected chi connectivity index (χ4v) is 3.96. The van der Waals surface area contributed by atoms with Gasteiger partial charge in [0.1, 0.15) is 0 Å². The lowest BCUT2D eigenvalue weighted by Gasteiger charge is -2.22. The van der Waals surface area contributed by atoms with E-state index in [0.29, 0.717) is 12.5 Å². The molecule has 23 heavy (non-hydrogen) atoms. The molecule has 0 bridgehead atoms. The molecule has 1 aliphatic rings. The number of halogens is 2. The molecule has 1 fully saturated rings. The average Bonchev–Trinajstić information content (AvgIpc) is 2.93. The number of hydrogen-bond donors (Lipinski definition) is 3. The van der Waals surface area contributed by atoms with Crippen molar-refractivity contribution in [2.45, 2.75) is 31.9 Å². The van der Waals surface area contributed by atoms with Gasteiger partial charge in [-0.25, -0.2) is 0 Å². The zero-order chi connectivity index (χ0) is 16.0. The Morgan fingerprint density at radius 1 is 1.48 bits per heavy atom. The van der Waals surface area contributed by atoms with Crippen LogP contribution in [0.4, 0.5) is 0 Å². The van der Waals surface area contributed by atoms with Gasteiger partial charge in [-0.15, -0.1) is 24.0 Å². The highest BCUT2D eigenvalue weighted by Gasteiger charge is 2.31. The van der Waals surface area contributed by atoms with E-state index in [0.717, 1.165) is 35.1 Å². The number of hydrogen-bond acceptors (Lipinski definition) is 3. The van der Waals surface area contributed by atoms with Gasteiger partial charge in [-0.1, -0.05) is 29.8 Å². The van der Waals surface area contributed by atoms with E-state index in [-0.39, 0.29) is 30.0 Å². The number of nitrogens with one attached hydrogen (secondary N) is 2. The van der Waals surface area contributed by atoms with Gasteiger partial charge in [0.15, 0.2) is 5.96 Å². The summed E-state index contributed by atoms with van der Waals surface area (Å²) in [5, 5.41) is 17.7. The van der Waals surface area contributed by atoms with Crippen LogP contribution in [0.5, 0.6) is 0 Å². The summed E-state index contributed by atoms with van der Waals surface area (Å²) in [5.41, 5.74) is 0.366.